The first-order valence-electron chi connectivity index (χ1n) is 6.65. The summed E-state index contributed by atoms with van der Waals surface area (Å²) in [5, 5.41) is 11.7. The number of halogens is 1. The maximum Gasteiger partial charge on any atom is 0.247 e. The van der Waals surface area contributed by atoms with Gasteiger partial charge in [0.1, 0.15) is 5.38 Å². The van der Waals surface area contributed by atoms with Crippen LogP contribution in [-0.2, 0) is 16.1 Å². The van der Waals surface area contributed by atoms with Gasteiger partial charge in [-0.15, -0.1) is 16.8 Å². The molecule has 0 aliphatic carbocycles. The Hall–Kier alpha value is -2.06. The summed E-state index contributed by atoms with van der Waals surface area (Å²) >= 11 is 6.05. The van der Waals surface area contributed by atoms with Crippen LogP contribution in [0, 0.1) is 11.3 Å². The number of carbonyl (C=O) groups is 1. The number of anilines is 1. The zero-order valence-corrected chi connectivity index (χ0v) is 12.9. The smallest absolute Gasteiger partial charge is 0.247 e. The minimum absolute atomic E-state index is 0.0898. The molecule has 5 nitrogen and oxygen atoms in total. The SMILES string of the molecule is C=NOCN(C(=O)C(Cl)CC)c1cc(C#N)ccc1CC. The van der Waals surface area contributed by atoms with E-state index >= 15 is 0 Å². The molecular weight excluding hydrogens is 290 g/mol. The van der Waals surface area contributed by atoms with Crippen molar-refractivity contribution < 1.29 is 9.63 Å². The Morgan fingerprint density at radius 3 is 2.81 bits per heavy atom. The molecule has 0 fully saturated rings. The van der Waals surface area contributed by atoms with E-state index in [0.717, 1.165) is 5.56 Å². The Morgan fingerprint density at radius 2 is 2.29 bits per heavy atom. The van der Waals surface area contributed by atoms with E-state index < -0.39 is 5.38 Å². The number of nitrogens with zero attached hydrogens (tertiary/aromatic N) is 3. The molecule has 0 bridgehead atoms. The molecule has 112 valence electrons. The number of nitriles is 1. The van der Waals surface area contributed by atoms with E-state index in [1.807, 2.05) is 19.9 Å². The van der Waals surface area contributed by atoms with Crippen molar-refractivity contribution >= 4 is 29.9 Å². The predicted octanol–water partition coefficient (Wildman–Crippen LogP) is 3.06. The summed E-state index contributed by atoms with van der Waals surface area (Å²) in [5.74, 6) is -0.285. The van der Waals surface area contributed by atoms with Gasteiger partial charge >= 0.3 is 0 Å². The first-order valence-corrected chi connectivity index (χ1v) is 7.09. The van der Waals surface area contributed by atoms with Gasteiger partial charge in [-0.25, -0.2) is 0 Å². The van der Waals surface area contributed by atoms with Crippen LogP contribution < -0.4 is 4.90 Å². The quantitative estimate of drug-likeness (QED) is 0.336. The fourth-order valence-electron chi connectivity index (χ4n) is 1.88. The third-order valence-corrected chi connectivity index (χ3v) is 3.55. The third kappa shape index (κ3) is 4.20. The molecule has 0 aliphatic rings. The van der Waals surface area contributed by atoms with Crippen LogP contribution in [0.15, 0.2) is 23.4 Å². The van der Waals surface area contributed by atoms with Crippen LogP contribution in [-0.4, -0.2) is 24.7 Å². The van der Waals surface area contributed by atoms with Crippen LogP contribution >= 0.6 is 11.6 Å². The zero-order valence-electron chi connectivity index (χ0n) is 12.2. The zero-order chi connectivity index (χ0) is 15.8. The molecule has 1 rings (SSSR count). The summed E-state index contributed by atoms with van der Waals surface area (Å²) in [4.78, 5) is 18.7. The Labute approximate surface area is 129 Å². The number of benzene rings is 1. The number of rotatable bonds is 7. The average Bonchev–Trinajstić information content (AvgIpc) is 2.53. The molecule has 0 spiro atoms. The van der Waals surface area contributed by atoms with E-state index in [1.165, 1.54) is 4.90 Å². The molecule has 0 N–H and O–H groups in total. The highest BCUT2D eigenvalue weighted by Gasteiger charge is 2.25. The molecule has 1 amide bonds. The molecular formula is C15H18ClN3O2. The van der Waals surface area contributed by atoms with Crippen LogP contribution in [0.3, 0.4) is 0 Å². The molecule has 1 unspecified atom stereocenters. The van der Waals surface area contributed by atoms with E-state index in [1.54, 1.807) is 12.1 Å². The molecule has 0 aromatic heterocycles. The van der Waals surface area contributed by atoms with Crippen molar-refractivity contribution in [2.45, 2.75) is 32.1 Å². The maximum absolute atomic E-state index is 12.4. The number of alkyl halides is 1. The van der Waals surface area contributed by atoms with Crippen LogP contribution in [0.5, 0.6) is 0 Å². The van der Waals surface area contributed by atoms with E-state index in [4.69, 9.17) is 21.7 Å². The van der Waals surface area contributed by atoms with Crippen molar-refractivity contribution in [3.05, 3.63) is 29.3 Å². The highest BCUT2D eigenvalue weighted by Crippen LogP contribution is 2.25. The molecule has 0 saturated heterocycles. The van der Waals surface area contributed by atoms with Gasteiger partial charge in [0.2, 0.25) is 5.91 Å². The molecule has 0 aliphatic heterocycles. The summed E-state index contributed by atoms with van der Waals surface area (Å²) < 4.78 is 0. The van der Waals surface area contributed by atoms with Gasteiger partial charge in [0.15, 0.2) is 6.73 Å². The Bertz CT molecular complexity index is 554. The fraction of sp³-hybridized carbons (Fsp3) is 0.400. The number of amides is 1. The summed E-state index contributed by atoms with van der Waals surface area (Å²) in [7, 11) is 0. The molecule has 21 heavy (non-hydrogen) atoms. The minimum atomic E-state index is -0.658. The number of aryl methyl sites for hydroxylation is 1. The Morgan fingerprint density at radius 1 is 1.57 bits per heavy atom. The molecule has 6 heteroatoms. The first kappa shape index (κ1) is 17.0. The fourth-order valence-corrected chi connectivity index (χ4v) is 2.00. The van der Waals surface area contributed by atoms with Crippen molar-refractivity contribution in [1.29, 1.82) is 5.26 Å². The second-order valence-electron chi connectivity index (χ2n) is 4.34. The van der Waals surface area contributed by atoms with Gasteiger partial charge < -0.3 is 4.84 Å². The number of hydrogen-bond acceptors (Lipinski definition) is 4. The second kappa shape index (κ2) is 8.28. The molecule has 0 radical (unpaired) electrons. The van der Waals surface area contributed by atoms with Crippen LogP contribution in [0.4, 0.5) is 5.69 Å². The molecule has 0 saturated carbocycles. The maximum atomic E-state index is 12.4. The molecule has 0 heterocycles. The van der Waals surface area contributed by atoms with Gasteiger partial charge in [-0.05, 0) is 30.5 Å². The predicted molar refractivity (Wildman–Crippen MR) is 83.5 cm³/mol. The van der Waals surface area contributed by atoms with Crippen LogP contribution in [0.1, 0.15) is 31.4 Å². The third-order valence-electron chi connectivity index (χ3n) is 3.06. The van der Waals surface area contributed by atoms with Gasteiger partial charge in [-0.2, -0.15) is 5.26 Å². The highest BCUT2D eigenvalue weighted by molar-refractivity contribution is 6.32. The van der Waals surface area contributed by atoms with Gasteiger partial charge in [0, 0.05) is 6.72 Å². The Kier molecular flexibility index (Phi) is 6.70. The van der Waals surface area contributed by atoms with Crippen LogP contribution in [0.25, 0.3) is 0 Å². The lowest BCUT2D eigenvalue weighted by Crippen LogP contribution is -2.38. The van der Waals surface area contributed by atoms with Crippen LogP contribution in [0.2, 0.25) is 0 Å². The van der Waals surface area contributed by atoms with Gasteiger partial charge in [-0.3, -0.25) is 9.69 Å². The van der Waals surface area contributed by atoms with Gasteiger partial charge in [0.05, 0.1) is 17.3 Å². The first-order chi connectivity index (χ1) is 10.1. The largest absolute Gasteiger partial charge is 0.374 e. The molecule has 1 atom stereocenters. The van der Waals surface area contributed by atoms with Crippen molar-refractivity contribution in [1.82, 2.24) is 0 Å². The highest BCUT2D eigenvalue weighted by atomic mass is 35.5. The number of hydrogen-bond donors (Lipinski definition) is 0. The van der Waals surface area contributed by atoms with Crippen molar-refractivity contribution in [3.63, 3.8) is 0 Å². The Balaban J connectivity index is 3.27. The van der Waals surface area contributed by atoms with E-state index in [9.17, 15) is 4.79 Å². The van der Waals surface area contributed by atoms with E-state index in [2.05, 4.69) is 17.9 Å². The number of oxime groups is 1. The monoisotopic (exact) mass is 307 g/mol. The topological polar surface area (TPSA) is 65.7 Å². The van der Waals surface area contributed by atoms with Gasteiger partial charge in [-0.1, -0.05) is 19.9 Å². The lowest BCUT2D eigenvalue weighted by molar-refractivity contribution is -0.119. The molecule has 1 aromatic carbocycles. The second-order valence-corrected chi connectivity index (χ2v) is 4.87. The normalized spacial score (nSPS) is 11.3. The van der Waals surface area contributed by atoms with E-state index in [-0.39, 0.29) is 12.6 Å². The van der Waals surface area contributed by atoms with Crippen molar-refractivity contribution in [2.75, 3.05) is 11.6 Å². The summed E-state index contributed by atoms with van der Waals surface area (Å²) in [5.41, 5.74) is 2.01. The standard InChI is InChI=1S/C15H18ClN3O2/c1-4-12-7-6-11(9-17)8-14(12)19(10-21-18-3)15(20)13(16)5-2/h6-8,13H,3-5,10H2,1-2H3. The van der Waals surface area contributed by atoms with E-state index in [0.29, 0.717) is 24.1 Å². The summed E-state index contributed by atoms with van der Waals surface area (Å²) in [6.07, 6.45) is 1.21. The minimum Gasteiger partial charge on any atom is -0.374 e. The lowest BCUT2D eigenvalue weighted by Gasteiger charge is -2.25. The average molecular weight is 308 g/mol. The van der Waals surface area contributed by atoms with Crippen molar-refractivity contribution in [3.8, 4) is 6.07 Å². The van der Waals surface area contributed by atoms with Crippen molar-refractivity contribution in [2.24, 2.45) is 5.16 Å². The summed E-state index contributed by atoms with van der Waals surface area (Å²) in [6, 6.07) is 7.26. The molecule has 1 aromatic rings. The number of carbonyl (C=O) groups excluding carboxylic acids is 1. The van der Waals surface area contributed by atoms with Gasteiger partial charge in [0.25, 0.3) is 0 Å². The lowest BCUT2D eigenvalue weighted by atomic mass is 10.1. The summed E-state index contributed by atoms with van der Waals surface area (Å²) in [6.45, 7) is 6.94.